The van der Waals surface area contributed by atoms with E-state index in [1.807, 2.05) is 11.8 Å². The van der Waals surface area contributed by atoms with Crippen molar-refractivity contribution in [2.45, 2.75) is 19.4 Å². The number of nitrogens with zero attached hydrogens (tertiary/aromatic N) is 2. The summed E-state index contributed by atoms with van der Waals surface area (Å²) >= 11 is 0. The van der Waals surface area contributed by atoms with Crippen LogP contribution in [0.3, 0.4) is 0 Å². The molecule has 2 fully saturated rings. The monoisotopic (exact) mass is 284 g/mol. The van der Waals surface area contributed by atoms with Crippen molar-refractivity contribution >= 4 is 11.9 Å². The summed E-state index contributed by atoms with van der Waals surface area (Å²) in [6.45, 7) is 7.21. The molecule has 20 heavy (non-hydrogen) atoms. The molecule has 2 rings (SSSR count). The topological polar surface area (TPSA) is 73.9 Å². The van der Waals surface area contributed by atoms with Crippen molar-refractivity contribution in [1.82, 2.24) is 20.4 Å². The molecule has 2 N–H and O–H groups in total. The van der Waals surface area contributed by atoms with Crippen LogP contribution in [-0.2, 0) is 9.53 Å². The molecule has 0 bridgehead atoms. The smallest absolute Gasteiger partial charge is 0.317 e. The molecular weight excluding hydrogens is 260 g/mol. The van der Waals surface area contributed by atoms with Gasteiger partial charge in [0.05, 0.1) is 19.1 Å². The predicted molar refractivity (Wildman–Crippen MR) is 74.5 cm³/mol. The van der Waals surface area contributed by atoms with Crippen molar-refractivity contribution in [2.75, 3.05) is 52.4 Å². The number of carbonyl (C=O) groups is 2. The Morgan fingerprint density at radius 3 is 2.55 bits per heavy atom. The van der Waals surface area contributed by atoms with E-state index >= 15 is 0 Å². The number of piperazine rings is 1. The van der Waals surface area contributed by atoms with Crippen LogP contribution < -0.4 is 10.6 Å². The Hall–Kier alpha value is -1.34. The van der Waals surface area contributed by atoms with Gasteiger partial charge in [0, 0.05) is 45.8 Å². The van der Waals surface area contributed by atoms with Gasteiger partial charge in [-0.1, -0.05) is 0 Å². The standard InChI is InChI=1S/C13H24N4O3/c1-2-15-13(19)17-6-4-16(5-7-17)12(18)9-11-10-14-3-8-20-11/h11,14H,2-10H2,1H3,(H,15,19). The summed E-state index contributed by atoms with van der Waals surface area (Å²) < 4.78 is 5.55. The molecule has 2 aliphatic heterocycles. The Morgan fingerprint density at radius 2 is 1.95 bits per heavy atom. The van der Waals surface area contributed by atoms with E-state index in [9.17, 15) is 9.59 Å². The van der Waals surface area contributed by atoms with Crippen LogP contribution in [0, 0.1) is 0 Å². The summed E-state index contributed by atoms with van der Waals surface area (Å²) in [4.78, 5) is 27.4. The maximum absolute atomic E-state index is 12.2. The van der Waals surface area contributed by atoms with E-state index in [2.05, 4.69) is 10.6 Å². The number of rotatable bonds is 3. The zero-order valence-corrected chi connectivity index (χ0v) is 12.1. The van der Waals surface area contributed by atoms with E-state index in [1.54, 1.807) is 4.90 Å². The quantitative estimate of drug-likeness (QED) is 0.714. The highest BCUT2D eigenvalue weighted by atomic mass is 16.5. The Kier molecular flexibility index (Phi) is 5.60. The van der Waals surface area contributed by atoms with Crippen molar-refractivity contribution in [2.24, 2.45) is 0 Å². The number of carbonyl (C=O) groups excluding carboxylic acids is 2. The number of hydrogen-bond acceptors (Lipinski definition) is 4. The number of nitrogens with one attached hydrogen (secondary N) is 2. The Morgan fingerprint density at radius 1 is 1.25 bits per heavy atom. The number of amides is 3. The summed E-state index contributed by atoms with van der Waals surface area (Å²) in [5.74, 6) is 0.120. The van der Waals surface area contributed by atoms with Crippen molar-refractivity contribution < 1.29 is 14.3 Å². The molecule has 0 spiro atoms. The highest BCUT2D eigenvalue weighted by Crippen LogP contribution is 2.08. The molecule has 1 atom stereocenters. The molecule has 0 aromatic rings. The van der Waals surface area contributed by atoms with Crippen LogP contribution in [0.5, 0.6) is 0 Å². The number of morpholine rings is 1. The number of ether oxygens (including phenoxy) is 1. The van der Waals surface area contributed by atoms with Crippen LogP contribution in [0.25, 0.3) is 0 Å². The van der Waals surface area contributed by atoms with E-state index in [0.29, 0.717) is 45.8 Å². The fourth-order valence-electron chi connectivity index (χ4n) is 2.50. The molecule has 2 saturated heterocycles. The van der Waals surface area contributed by atoms with Crippen LogP contribution in [0.2, 0.25) is 0 Å². The van der Waals surface area contributed by atoms with Gasteiger partial charge in [-0.15, -0.1) is 0 Å². The van der Waals surface area contributed by atoms with Crippen molar-refractivity contribution in [3.05, 3.63) is 0 Å². The lowest BCUT2D eigenvalue weighted by atomic mass is 10.2. The molecule has 0 aliphatic carbocycles. The molecule has 0 radical (unpaired) electrons. The van der Waals surface area contributed by atoms with Crippen LogP contribution in [-0.4, -0.2) is 80.3 Å². The molecule has 1 unspecified atom stereocenters. The van der Waals surface area contributed by atoms with Crippen molar-refractivity contribution in [3.63, 3.8) is 0 Å². The summed E-state index contributed by atoms with van der Waals surface area (Å²) in [5, 5.41) is 6.00. The Labute approximate surface area is 119 Å². The first kappa shape index (κ1) is 15.1. The summed E-state index contributed by atoms with van der Waals surface area (Å²) in [7, 11) is 0. The first-order valence-corrected chi connectivity index (χ1v) is 7.33. The van der Waals surface area contributed by atoms with Crippen LogP contribution in [0.1, 0.15) is 13.3 Å². The minimum Gasteiger partial charge on any atom is -0.375 e. The van der Waals surface area contributed by atoms with Gasteiger partial charge in [0.15, 0.2) is 0 Å². The van der Waals surface area contributed by atoms with E-state index < -0.39 is 0 Å². The second kappa shape index (κ2) is 7.44. The summed E-state index contributed by atoms with van der Waals surface area (Å²) in [6, 6.07) is -0.0422. The molecule has 0 aromatic carbocycles. The van der Waals surface area contributed by atoms with Gasteiger partial charge in [-0.3, -0.25) is 4.79 Å². The molecule has 0 aromatic heterocycles. The normalized spacial score (nSPS) is 23.6. The van der Waals surface area contributed by atoms with Crippen molar-refractivity contribution in [3.8, 4) is 0 Å². The fraction of sp³-hybridized carbons (Fsp3) is 0.846. The van der Waals surface area contributed by atoms with E-state index in [-0.39, 0.29) is 18.0 Å². The maximum Gasteiger partial charge on any atom is 0.317 e. The summed E-state index contributed by atoms with van der Waals surface area (Å²) in [5.41, 5.74) is 0. The lowest BCUT2D eigenvalue weighted by Crippen LogP contribution is -2.54. The van der Waals surface area contributed by atoms with Gasteiger partial charge in [-0.05, 0) is 6.92 Å². The van der Waals surface area contributed by atoms with E-state index in [0.717, 1.165) is 13.1 Å². The van der Waals surface area contributed by atoms with Gasteiger partial charge < -0.3 is 25.2 Å². The Bertz CT molecular complexity index is 337. The molecule has 2 aliphatic rings. The zero-order valence-electron chi connectivity index (χ0n) is 12.1. The third kappa shape index (κ3) is 4.08. The van der Waals surface area contributed by atoms with Gasteiger partial charge in [0.1, 0.15) is 0 Å². The molecule has 2 heterocycles. The highest BCUT2D eigenvalue weighted by Gasteiger charge is 2.26. The first-order valence-electron chi connectivity index (χ1n) is 7.33. The lowest BCUT2D eigenvalue weighted by Gasteiger charge is -2.35. The number of urea groups is 1. The highest BCUT2D eigenvalue weighted by molar-refractivity contribution is 5.78. The lowest BCUT2D eigenvalue weighted by molar-refractivity contribution is -0.136. The number of hydrogen-bond donors (Lipinski definition) is 2. The predicted octanol–water partition coefficient (Wildman–Crippen LogP) is -0.761. The molecule has 114 valence electrons. The summed E-state index contributed by atoms with van der Waals surface area (Å²) in [6.07, 6.45) is 0.409. The van der Waals surface area contributed by atoms with Crippen molar-refractivity contribution in [1.29, 1.82) is 0 Å². The molecule has 3 amide bonds. The third-order valence-electron chi connectivity index (χ3n) is 3.65. The minimum atomic E-state index is -0.0422. The van der Waals surface area contributed by atoms with Gasteiger partial charge in [-0.2, -0.15) is 0 Å². The van der Waals surface area contributed by atoms with Gasteiger partial charge in [0.25, 0.3) is 0 Å². The van der Waals surface area contributed by atoms with E-state index in [4.69, 9.17) is 4.74 Å². The fourth-order valence-corrected chi connectivity index (χ4v) is 2.50. The minimum absolute atomic E-state index is 0.0160. The molecular formula is C13H24N4O3. The van der Waals surface area contributed by atoms with Gasteiger partial charge in [-0.25, -0.2) is 4.79 Å². The van der Waals surface area contributed by atoms with Crippen LogP contribution in [0.4, 0.5) is 4.79 Å². The second-order valence-electron chi connectivity index (χ2n) is 5.10. The van der Waals surface area contributed by atoms with Crippen LogP contribution >= 0.6 is 0 Å². The molecule has 7 nitrogen and oxygen atoms in total. The largest absolute Gasteiger partial charge is 0.375 e. The van der Waals surface area contributed by atoms with Gasteiger partial charge >= 0.3 is 6.03 Å². The van der Waals surface area contributed by atoms with E-state index in [1.165, 1.54) is 0 Å². The Balaban J connectivity index is 1.72. The van der Waals surface area contributed by atoms with Gasteiger partial charge in [0.2, 0.25) is 5.91 Å². The first-order chi connectivity index (χ1) is 9.70. The average Bonchev–Trinajstić information content (AvgIpc) is 2.48. The average molecular weight is 284 g/mol. The third-order valence-corrected chi connectivity index (χ3v) is 3.65. The van der Waals surface area contributed by atoms with Crippen LogP contribution in [0.15, 0.2) is 0 Å². The SMILES string of the molecule is CCNC(=O)N1CCN(C(=O)CC2CNCCO2)CC1. The molecule has 7 heteroatoms. The zero-order chi connectivity index (χ0) is 14.4. The maximum atomic E-state index is 12.2. The second-order valence-corrected chi connectivity index (χ2v) is 5.10. The molecule has 0 saturated carbocycles.